The van der Waals surface area contributed by atoms with Crippen molar-refractivity contribution in [2.75, 3.05) is 0 Å². The SMILES string of the molecule is Cc1ncc(CNC(=O)c2sc(Cc3ccc(F)cc3)nc2C)s1. The van der Waals surface area contributed by atoms with Gasteiger partial charge in [-0.25, -0.2) is 14.4 Å². The summed E-state index contributed by atoms with van der Waals surface area (Å²) in [4.78, 5) is 22.6. The van der Waals surface area contributed by atoms with Crippen LogP contribution in [0.4, 0.5) is 4.39 Å². The maximum Gasteiger partial charge on any atom is 0.263 e. The van der Waals surface area contributed by atoms with Crippen LogP contribution in [0.25, 0.3) is 0 Å². The first-order valence-electron chi connectivity index (χ1n) is 7.41. The van der Waals surface area contributed by atoms with Gasteiger partial charge in [-0.15, -0.1) is 22.7 Å². The van der Waals surface area contributed by atoms with E-state index in [1.165, 1.54) is 23.5 Å². The van der Waals surface area contributed by atoms with Crippen molar-refractivity contribution in [3.05, 3.63) is 67.3 Å². The van der Waals surface area contributed by atoms with Crippen LogP contribution >= 0.6 is 22.7 Å². The van der Waals surface area contributed by atoms with E-state index < -0.39 is 0 Å². The number of aryl methyl sites for hydroxylation is 2. The largest absolute Gasteiger partial charge is 0.346 e. The lowest BCUT2D eigenvalue weighted by Crippen LogP contribution is -2.22. The lowest BCUT2D eigenvalue weighted by Gasteiger charge is -2.01. The average molecular weight is 361 g/mol. The number of rotatable bonds is 5. The van der Waals surface area contributed by atoms with Gasteiger partial charge in [-0.3, -0.25) is 4.79 Å². The lowest BCUT2D eigenvalue weighted by atomic mass is 10.1. The summed E-state index contributed by atoms with van der Waals surface area (Å²) < 4.78 is 13.0. The van der Waals surface area contributed by atoms with Crippen molar-refractivity contribution in [1.29, 1.82) is 0 Å². The highest BCUT2D eigenvalue weighted by Crippen LogP contribution is 2.21. The molecule has 24 heavy (non-hydrogen) atoms. The fourth-order valence-electron chi connectivity index (χ4n) is 2.25. The molecule has 0 spiro atoms. The predicted molar refractivity (Wildman–Crippen MR) is 94.1 cm³/mol. The van der Waals surface area contributed by atoms with Crippen LogP contribution < -0.4 is 5.32 Å². The van der Waals surface area contributed by atoms with Crippen LogP contribution in [0.5, 0.6) is 0 Å². The van der Waals surface area contributed by atoms with Gasteiger partial charge in [0.2, 0.25) is 0 Å². The number of amides is 1. The van der Waals surface area contributed by atoms with Crippen molar-refractivity contribution in [1.82, 2.24) is 15.3 Å². The fourth-order valence-corrected chi connectivity index (χ4v) is 4.00. The zero-order valence-electron chi connectivity index (χ0n) is 13.3. The third kappa shape index (κ3) is 4.04. The molecule has 0 fully saturated rings. The van der Waals surface area contributed by atoms with Crippen molar-refractivity contribution in [3.63, 3.8) is 0 Å². The Balaban J connectivity index is 1.66. The molecule has 0 aliphatic rings. The van der Waals surface area contributed by atoms with E-state index in [-0.39, 0.29) is 11.7 Å². The first-order chi connectivity index (χ1) is 11.5. The van der Waals surface area contributed by atoms with Crippen LogP contribution in [0.1, 0.15) is 35.8 Å². The molecule has 3 rings (SSSR count). The Morgan fingerprint density at radius 3 is 2.62 bits per heavy atom. The average Bonchev–Trinajstić information content (AvgIpc) is 3.13. The van der Waals surface area contributed by atoms with Gasteiger partial charge in [-0.1, -0.05) is 12.1 Å². The second-order valence-corrected chi connectivity index (χ2v) is 7.76. The van der Waals surface area contributed by atoms with Crippen LogP contribution in [0.2, 0.25) is 0 Å². The minimum Gasteiger partial charge on any atom is -0.346 e. The van der Waals surface area contributed by atoms with Crippen LogP contribution in [-0.4, -0.2) is 15.9 Å². The standard InChI is InChI=1S/C17H16FN3OS2/c1-10-16(17(22)20-9-14-8-19-11(2)23-14)24-15(21-10)7-12-3-5-13(18)6-4-12/h3-6,8H,7,9H2,1-2H3,(H,20,22). The van der Waals surface area contributed by atoms with E-state index in [9.17, 15) is 9.18 Å². The molecule has 0 aliphatic heterocycles. The number of nitrogens with one attached hydrogen (secondary N) is 1. The zero-order chi connectivity index (χ0) is 17.1. The van der Waals surface area contributed by atoms with Gasteiger partial charge in [0.15, 0.2) is 0 Å². The first kappa shape index (κ1) is 16.7. The molecule has 2 heterocycles. The molecule has 7 heteroatoms. The minimum absolute atomic E-state index is 0.124. The van der Waals surface area contributed by atoms with E-state index in [1.54, 1.807) is 29.7 Å². The Hall–Kier alpha value is -2.12. The van der Waals surface area contributed by atoms with E-state index in [0.717, 1.165) is 26.1 Å². The van der Waals surface area contributed by atoms with Crippen LogP contribution in [0, 0.1) is 19.7 Å². The van der Waals surface area contributed by atoms with Gasteiger partial charge in [-0.05, 0) is 31.5 Å². The number of hydrogen-bond donors (Lipinski definition) is 1. The van der Waals surface area contributed by atoms with E-state index >= 15 is 0 Å². The highest BCUT2D eigenvalue weighted by atomic mass is 32.1. The summed E-state index contributed by atoms with van der Waals surface area (Å²) in [5.74, 6) is -0.381. The summed E-state index contributed by atoms with van der Waals surface area (Å²) in [6.45, 7) is 4.23. The Bertz CT molecular complexity index is 855. The summed E-state index contributed by atoms with van der Waals surface area (Å²) >= 11 is 2.95. The molecule has 0 saturated heterocycles. The van der Waals surface area contributed by atoms with Gasteiger partial charge >= 0.3 is 0 Å². The number of benzene rings is 1. The van der Waals surface area contributed by atoms with Gasteiger partial charge in [0.25, 0.3) is 5.91 Å². The molecule has 124 valence electrons. The maximum atomic E-state index is 13.0. The molecule has 4 nitrogen and oxygen atoms in total. The Morgan fingerprint density at radius 2 is 1.96 bits per heavy atom. The molecule has 0 unspecified atom stereocenters. The number of carbonyl (C=O) groups excluding carboxylic acids is 1. The predicted octanol–water partition coefficient (Wildman–Crippen LogP) is 3.88. The van der Waals surface area contributed by atoms with Gasteiger partial charge in [0.05, 0.1) is 22.3 Å². The molecule has 2 aromatic heterocycles. The summed E-state index contributed by atoms with van der Waals surface area (Å²) in [5.41, 5.74) is 1.69. The molecule has 1 N–H and O–H groups in total. The summed E-state index contributed by atoms with van der Waals surface area (Å²) in [7, 11) is 0. The summed E-state index contributed by atoms with van der Waals surface area (Å²) in [6, 6.07) is 6.33. The number of aromatic nitrogens is 2. The molecule has 0 bridgehead atoms. The van der Waals surface area contributed by atoms with E-state index in [1.807, 2.05) is 13.8 Å². The van der Waals surface area contributed by atoms with Crippen molar-refractivity contribution in [3.8, 4) is 0 Å². The maximum absolute atomic E-state index is 13.0. The number of nitrogens with zero attached hydrogens (tertiary/aromatic N) is 2. The molecule has 0 aliphatic carbocycles. The Morgan fingerprint density at radius 1 is 1.21 bits per heavy atom. The Kier molecular flexibility index (Phi) is 5.01. The highest BCUT2D eigenvalue weighted by Gasteiger charge is 2.15. The molecular formula is C17H16FN3OS2. The van der Waals surface area contributed by atoms with Crippen LogP contribution in [-0.2, 0) is 13.0 Å². The van der Waals surface area contributed by atoms with Crippen LogP contribution in [0.15, 0.2) is 30.5 Å². The molecule has 1 amide bonds. The number of thiazole rings is 2. The van der Waals surface area contributed by atoms with Crippen molar-refractivity contribution >= 4 is 28.6 Å². The number of hydrogen-bond acceptors (Lipinski definition) is 5. The van der Waals surface area contributed by atoms with Gasteiger partial charge in [0.1, 0.15) is 10.7 Å². The summed E-state index contributed by atoms with van der Waals surface area (Å²) in [5, 5.41) is 4.73. The third-order valence-electron chi connectivity index (χ3n) is 3.41. The smallest absolute Gasteiger partial charge is 0.263 e. The minimum atomic E-state index is -0.257. The lowest BCUT2D eigenvalue weighted by molar-refractivity contribution is 0.0954. The van der Waals surface area contributed by atoms with Gasteiger partial charge in [-0.2, -0.15) is 0 Å². The quantitative estimate of drug-likeness (QED) is 0.750. The van der Waals surface area contributed by atoms with E-state index in [2.05, 4.69) is 15.3 Å². The third-order valence-corrected chi connectivity index (χ3v) is 5.48. The van der Waals surface area contributed by atoms with Crippen molar-refractivity contribution in [2.24, 2.45) is 0 Å². The second kappa shape index (κ2) is 7.19. The second-order valence-electron chi connectivity index (χ2n) is 5.35. The number of halogens is 1. The fraction of sp³-hybridized carbons (Fsp3) is 0.235. The Labute approximate surface area is 147 Å². The van der Waals surface area contributed by atoms with Gasteiger partial charge < -0.3 is 5.32 Å². The first-order valence-corrected chi connectivity index (χ1v) is 9.05. The van der Waals surface area contributed by atoms with Crippen molar-refractivity contribution in [2.45, 2.75) is 26.8 Å². The van der Waals surface area contributed by atoms with E-state index in [0.29, 0.717) is 17.8 Å². The molecule has 0 atom stereocenters. The zero-order valence-corrected chi connectivity index (χ0v) is 14.9. The number of carbonyl (C=O) groups is 1. The normalized spacial score (nSPS) is 10.8. The van der Waals surface area contributed by atoms with Gasteiger partial charge in [0, 0.05) is 17.5 Å². The van der Waals surface area contributed by atoms with Crippen molar-refractivity contribution < 1.29 is 9.18 Å². The molecular weight excluding hydrogens is 345 g/mol. The highest BCUT2D eigenvalue weighted by molar-refractivity contribution is 7.13. The summed E-state index contributed by atoms with van der Waals surface area (Å²) in [6.07, 6.45) is 2.37. The molecule has 0 saturated carbocycles. The topological polar surface area (TPSA) is 54.9 Å². The van der Waals surface area contributed by atoms with Crippen LogP contribution in [0.3, 0.4) is 0 Å². The molecule has 1 aromatic carbocycles. The monoisotopic (exact) mass is 361 g/mol. The molecule has 3 aromatic rings. The van der Waals surface area contributed by atoms with E-state index in [4.69, 9.17) is 0 Å². The molecule has 0 radical (unpaired) electrons.